The third-order valence-electron chi connectivity index (χ3n) is 14.8. The Kier molecular flexibility index (Phi) is 13.5. The molecule has 0 saturated carbocycles. The van der Waals surface area contributed by atoms with Gasteiger partial charge in [0.15, 0.2) is 11.4 Å². The van der Waals surface area contributed by atoms with E-state index in [2.05, 4.69) is 76.9 Å². The fourth-order valence-corrected chi connectivity index (χ4v) is 11.3. The number of hydrogen-bond acceptors (Lipinski definition) is 12. The number of aliphatic hydroxyl groups is 1. The Labute approximate surface area is 373 Å². The van der Waals surface area contributed by atoms with Crippen molar-refractivity contribution in [2.75, 3.05) is 40.0 Å². The van der Waals surface area contributed by atoms with Crippen LogP contribution < -0.4 is 32.3 Å². The molecular weight excluding hydrogens is 793 g/mol. The monoisotopic (exact) mass is 861 g/mol. The van der Waals surface area contributed by atoms with E-state index in [9.17, 15) is 9.90 Å². The Bertz CT molecular complexity index is 2190. The fourth-order valence-electron chi connectivity index (χ4n) is 11.3. The highest BCUT2D eigenvalue weighted by molar-refractivity contribution is 6.33. The average molecular weight is 861 g/mol. The number of carbonyl (C=O) groups is 3. The van der Waals surface area contributed by atoms with Crippen molar-refractivity contribution in [3.05, 3.63) is 117 Å². The Morgan fingerprint density at radius 1 is 1.10 bits per heavy atom. The molecule has 1 aromatic rings. The number of ketones is 2. The number of fused-ring (bicyclic) bond motifs is 1. The summed E-state index contributed by atoms with van der Waals surface area (Å²) in [6.07, 6.45) is 25.4. The van der Waals surface area contributed by atoms with Crippen molar-refractivity contribution < 1.29 is 29.0 Å². The minimum atomic E-state index is -2.17. The number of nitrogens with one attached hydrogen (secondary N) is 5. The van der Waals surface area contributed by atoms with Crippen LogP contribution >= 0.6 is 0 Å². The van der Waals surface area contributed by atoms with E-state index in [0.717, 1.165) is 79.6 Å². The number of carbonyl (C=O) groups excluding carboxylic acids is 3. The third kappa shape index (κ3) is 8.94. The summed E-state index contributed by atoms with van der Waals surface area (Å²) in [6.45, 7) is 8.12. The van der Waals surface area contributed by atoms with Crippen LogP contribution in [0.1, 0.15) is 111 Å². The minimum Gasteiger partial charge on any atom is -0.463 e. The normalized spacial score (nSPS) is 32.9. The van der Waals surface area contributed by atoms with Crippen LogP contribution in [0.5, 0.6) is 0 Å². The smallest absolute Gasteiger partial charge is 0.350 e. The Hall–Kier alpha value is -4.59. The molecule has 4 aliphatic heterocycles. The predicted octanol–water partition coefficient (Wildman–Crippen LogP) is 5.69. The van der Waals surface area contributed by atoms with E-state index < -0.39 is 28.7 Å². The van der Waals surface area contributed by atoms with E-state index in [-0.39, 0.29) is 54.3 Å². The Balaban J connectivity index is 1.16. The number of Topliss-reactive ketones (excluding diaryl/α,β-unsaturated/α-hetero) is 2. The molecule has 338 valence electrons. The van der Waals surface area contributed by atoms with Crippen LogP contribution in [0.25, 0.3) is 0 Å². The molecule has 1 spiro atoms. The number of nitrogens with two attached hydrogens (primary N) is 1. The van der Waals surface area contributed by atoms with Crippen LogP contribution in [0.4, 0.5) is 0 Å². The summed E-state index contributed by atoms with van der Waals surface area (Å²) < 4.78 is 12.8. The summed E-state index contributed by atoms with van der Waals surface area (Å²) in [5.41, 5.74) is 8.15. The van der Waals surface area contributed by atoms with Crippen LogP contribution in [0.15, 0.2) is 101 Å². The fraction of sp³-hybridized carbons (Fsp3) is 0.549. The molecule has 8 atom stereocenters. The number of esters is 1. The highest BCUT2D eigenvalue weighted by atomic mass is 16.7. The highest BCUT2D eigenvalue weighted by Gasteiger charge is 2.86. The second kappa shape index (κ2) is 18.9. The molecule has 7 aliphatic rings. The van der Waals surface area contributed by atoms with E-state index in [4.69, 9.17) is 15.2 Å². The second-order valence-corrected chi connectivity index (χ2v) is 19.3. The predicted molar refractivity (Wildman–Crippen MR) is 245 cm³/mol. The molecule has 0 amide bonds. The number of dihydropyridines is 2. The first-order valence-corrected chi connectivity index (χ1v) is 23.3. The van der Waals surface area contributed by atoms with Crippen LogP contribution in [-0.4, -0.2) is 86.1 Å². The van der Waals surface area contributed by atoms with Gasteiger partial charge in [0.2, 0.25) is 5.78 Å². The number of aliphatic hydroxyl groups excluding tert-OH is 1. The zero-order valence-corrected chi connectivity index (χ0v) is 37.6. The molecule has 1 saturated heterocycles. The van der Waals surface area contributed by atoms with Gasteiger partial charge in [-0.15, -0.1) is 0 Å². The molecule has 1 unspecified atom stereocenters. The van der Waals surface area contributed by atoms with Gasteiger partial charge in [0, 0.05) is 42.3 Å². The number of likely N-dealkylation sites (N-methyl/N-ethyl adjacent to an activating group) is 1. The number of cyclic esters (lactones) is 1. The quantitative estimate of drug-likeness (QED) is 0.0425. The van der Waals surface area contributed by atoms with Gasteiger partial charge in [0.25, 0.3) is 5.60 Å². The Morgan fingerprint density at radius 2 is 1.95 bits per heavy atom. The van der Waals surface area contributed by atoms with Gasteiger partial charge in [-0.2, -0.15) is 0 Å². The van der Waals surface area contributed by atoms with Crippen molar-refractivity contribution in [2.45, 2.75) is 115 Å². The van der Waals surface area contributed by atoms with Gasteiger partial charge in [-0.1, -0.05) is 80.8 Å². The second-order valence-electron chi connectivity index (χ2n) is 19.3. The zero-order chi connectivity index (χ0) is 44.4. The molecule has 12 nitrogen and oxygen atoms in total. The van der Waals surface area contributed by atoms with E-state index >= 15 is 9.59 Å². The van der Waals surface area contributed by atoms with Crippen molar-refractivity contribution in [3.8, 4) is 0 Å². The van der Waals surface area contributed by atoms with E-state index in [1.54, 1.807) is 6.07 Å². The molecular formula is C51H68N6O6. The molecule has 8 rings (SSSR count). The van der Waals surface area contributed by atoms with Crippen LogP contribution in [0, 0.1) is 23.2 Å². The minimum absolute atomic E-state index is 0.0162. The van der Waals surface area contributed by atoms with Gasteiger partial charge >= 0.3 is 5.97 Å². The van der Waals surface area contributed by atoms with Crippen molar-refractivity contribution in [1.29, 1.82) is 0 Å². The van der Waals surface area contributed by atoms with E-state index in [1.165, 1.54) is 5.57 Å². The standard InChI is InChI=1S/C51H68N6O6/c1-5-54-42-24-36-12-8-11-35-10-6-7-20-49(3,25-34-17-18-43(52)56-28-34)26-37-13-9-14-40-45(37)47(60)51(48(61)62-30-38(42)23-41(35)36)50(63-51,46(40)59)27-39(29-58)32(2)15-16-33-19-21-55-44(22-33)57-31-53-4/h8-9,12-14,17-19,22,24,28,35,38,41-43,53-58H,5-7,10-11,15-16,20-21,23,25-27,29-31,52H2,1-4H3/b39-32-/t35-,38-,41+,42-,43?,49-,50-,51-/m0/s1. The summed E-state index contributed by atoms with van der Waals surface area (Å²) in [5.74, 6) is -0.0315. The molecule has 4 bridgehead atoms. The van der Waals surface area contributed by atoms with Crippen LogP contribution in [0.3, 0.4) is 0 Å². The number of rotatable bonds is 13. The zero-order valence-electron chi connectivity index (χ0n) is 37.6. The molecule has 63 heavy (non-hydrogen) atoms. The van der Waals surface area contributed by atoms with Crippen molar-refractivity contribution in [1.82, 2.24) is 26.6 Å². The van der Waals surface area contributed by atoms with Gasteiger partial charge in [0.1, 0.15) is 5.82 Å². The lowest BCUT2D eigenvalue weighted by molar-refractivity contribution is -0.150. The van der Waals surface area contributed by atoms with Gasteiger partial charge in [-0.3, -0.25) is 9.59 Å². The maximum absolute atomic E-state index is 15.4. The third-order valence-corrected chi connectivity index (χ3v) is 14.8. The van der Waals surface area contributed by atoms with Crippen molar-refractivity contribution in [3.63, 3.8) is 0 Å². The number of benzene rings is 1. The average Bonchev–Trinajstić information content (AvgIpc) is 3.99. The number of ether oxygens (including phenoxy) is 2. The molecule has 4 heterocycles. The van der Waals surface area contributed by atoms with E-state index in [0.29, 0.717) is 49.9 Å². The van der Waals surface area contributed by atoms with Gasteiger partial charge in [-0.05, 0) is 129 Å². The van der Waals surface area contributed by atoms with Gasteiger partial charge in [-0.25, -0.2) is 4.79 Å². The lowest BCUT2D eigenvalue weighted by Gasteiger charge is -2.40. The first-order valence-electron chi connectivity index (χ1n) is 23.3. The first-order chi connectivity index (χ1) is 30.4. The highest BCUT2D eigenvalue weighted by Crippen LogP contribution is 2.60. The lowest BCUT2D eigenvalue weighted by atomic mass is 9.67. The van der Waals surface area contributed by atoms with Gasteiger partial charge < -0.3 is 46.9 Å². The molecule has 1 aromatic carbocycles. The van der Waals surface area contributed by atoms with Crippen molar-refractivity contribution >= 4 is 17.5 Å². The topological polar surface area (TPSA) is 179 Å². The molecule has 0 radical (unpaired) electrons. The van der Waals surface area contributed by atoms with Gasteiger partial charge in [0.05, 0.1) is 26.0 Å². The number of hydrogen-bond donors (Lipinski definition) is 7. The Morgan fingerprint density at radius 3 is 2.73 bits per heavy atom. The number of epoxide rings is 1. The SMILES string of the molecule is CCN[C@H]1C=C2C=CC[C@@H]3CCCC[C@@](C)(CC4=CNC(N)C=C4)Cc4cccc5c4C(=O)[C@]4(O[C@@]4(C/C(CO)=C(\C)CCC4=CCNC(NCNC)=C4)C5=O)C(=O)OC[C@@H]1C[C@@H]23. The summed E-state index contributed by atoms with van der Waals surface area (Å²) in [5, 5.41) is 27.5. The van der Waals surface area contributed by atoms with Crippen LogP contribution in [-0.2, 0) is 20.7 Å². The maximum atomic E-state index is 15.4. The molecule has 1 fully saturated rings. The summed E-state index contributed by atoms with van der Waals surface area (Å²) in [7, 11) is 1.88. The van der Waals surface area contributed by atoms with Crippen molar-refractivity contribution in [2.24, 2.45) is 28.9 Å². The largest absolute Gasteiger partial charge is 0.463 e. The van der Waals surface area contributed by atoms with E-state index in [1.807, 2.05) is 38.4 Å². The summed E-state index contributed by atoms with van der Waals surface area (Å²) >= 11 is 0. The first kappa shape index (κ1) is 45.0. The van der Waals surface area contributed by atoms with Crippen LogP contribution in [0.2, 0.25) is 0 Å². The number of allylic oxidation sites excluding steroid dienone is 8. The maximum Gasteiger partial charge on any atom is 0.350 e. The lowest BCUT2D eigenvalue weighted by Crippen LogP contribution is -2.52. The molecule has 12 heteroatoms. The molecule has 8 N–H and O–H groups in total. The molecule has 0 aromatic heterocycles. The molecule has 3 aliphatic carbocycles. The summed E-state index contributed by atoms with van der Waals surface area (Å²) in [4.78, 5) is 45.6. The summed E-state index contributed by atoms with van der Waals surface area (Å²) in [6, 6.07) is 5.46.